The number of nitrogens with zero attached hydrogens (tertiary/aromatic N) is 2. The van der Waals surface area contributed by atoms with Crippen molar-refractivity contribution < 1.29 is 9.59 Å². The smallest absolute Gasteiger partial charge is 0.227 e. The predicted octanol–water partition coefficient (Wildman–Crippen LogP) is 8.03. The summed E-state index contributed by atoms with van der Waals surface area (Å²) in [5.41, 5.74) is 5.74. The normalized spacial score (nSPS) is 21.7. The number of fused-ring (bicyclic) bond motifs is 2. The fraction of sp³-hybridized carbons (Fsp3) is 0.515. The van der Waals surface area contributed by atoms with Gasteiger partial charge in [0.1, 0.15) is 0 Å². The van der Waals surface area contributed by atoms with Gasteiger partial charge in [0, 0.05) is 35.5 Å². The van der Waals surface area contributed by atoms with E-state index in [1.807, 2.05) is 15.9 Å². The predicted molar refractivity (Wildman–Crippen MR) is 155 cm³/mol. The van der Waals surface area contributed by atoms with Crippen LogP contribution in [-0.2, 0) is 15.0 Å². The average molecular weight is 501 g/mol. The van der Waals surface area contributed by atoms with Crippen LogP contribution < -0.4 is 9.80 Å². The molecule has 0 aliphatic carbocycles. The van der Waals surface area contributed by atoms with Crippen LogP contribution in [-0.4, -0.2) is 22.9 Å². The number of benzene rings is 2. The summed E-state index contributed by atoms with van der Waals surface area (Å²) >= 11 is 0. The topological polar surface area (TPSA) is 40.6 Å². The van der Waals surface area contributed by atoms with E-state index in [-0.39, 0.29) is 28.3 Å². The first kappa shape index (κ1) is 27.2. The zero-order valence-electron chi connectivity index (χ0n) is 24.1. The summed E-state index contributed by atoms with van der Waals surface area (Å²) in [4.78, 5) is 30.2. The van der Waals surface area contributed by atoms with Crippen LogP contribution in [0.2, 0.25) is 0 Å². The van der Waals surface area contributed by atoms with Gasteiger partial charge < -0.3 is 9.80 Å². The lowest BCUT2D eigenvalue weighted by Crippen LogP contribution is -2.55. The Hall–Kier alpha value is -2.88. The molecule has 37 heavy (non-hydrogen) atoms. The molecule has 0 fully saturated rings. The van der Waals surface area contributed by atoms with E-state index in [9.17, 15) is 9.59 Å². The van der Waals surface area contributed by atoms with Crippen LogP contribution >= 0.6 is 0 Å². The largest absolute Gasteiger partial charge is 0.307 e. The summed E-state index contributed by atoms with van der Waals surface area (Å²) in [6.07, 6.45) is 8.00. The van der Waals surface area contributed by atoms with Crippen molar-refractivity contribution in [1.29, 1.82) is 0 Å². The van der Waals surface area contributed by atoms with E-state index in [0.29, 0.717) is 6.42 Å². The molecular formula is C33H44N2O2. The van der Waals surface area contributed by atoms with Crippen LogP contribution in [0.3, 0.4) is 0 Å². The third-order valence-electron chi connectivity index (χ3n) is 8.38. The molecule has 2 amide bonds. The lowest BCUT2D eigenvalue weighted by Gasteiger charge is -2.51. The Morgan fingerprint density at radius 3 is 2.27 bits per heavy atom. The lowest BCUT2D eigenvalue weighted by molar-refractivity contribution is -0.119. The number of hydrogen-bond donors (Lipinski definition) is 0. The van der Waals surface area contributed by atoms with Crippen LogP contribution in [0.25, 0.3) is 5.57 Å². The van der Waals surface area contributed by atoms with Gasteiger partial charge in [-0.3, -0.25) is 9.59 Å². The van der Waals surface area contributed by atoms with Gasteiger partial charge in [0.2, 0.25) is 11.8 Å². The van der Waals surface area contributed by atoms with Crippen LogP contribution in [0.15, 0.2) is 48.5 Å². The first-order chi connectivity index (χ1) is 17.3. The standard InChI is InChI=1S/C33H44N2O2/c1-9-10-11-12-17-30(37)35-28-19-18-25(20-26(28)23(2)21-31(35,4)5)33(8)22-32(6,7)34(24(3)36)29-16-14-13-15-27(29)33/h13-16,18-21H,9-12,17,22H2,1-8H3/t33-/m1/s1. The molecule has 2 aliphatic heterocycles. The van der Waals surface area contributed by atoms with E-state index in [1.54, 1.807) is 6.92 Å². The van der Waals surface area contributed by atoms with E-state index in [2.05, 4.69) is 90.9 Å². The Morgan fingerprint density at radius 1 is 0.892 bits per heavy atom. The van der Waals surface area contributed by atoms with Crippen molar-refractivity contribution in [2.24, 2.45) is 0 Å². The van der Waals surface area contributed by atoms with E-state index in [4.69, 9.17) is 0 Å². The first-order valence-electron chi connectivity index (χ1n) is 13.9. The molecule has 0 bridgehead atoms. The Bertz CT molecular complexity index is 1240. The highest BCUT2D eigenvalue weighted by molar-refractivity contribution is 6.00. The summed E-state index contributed by atoms with van der Waals surface area (Å²) in [6, 6.07) is 15.0. The number of carbonyl (C=O) groups excluding carboxylic acids is 2. The SMILES string of the molecule is CCCCCCC(=O)N1c2ccc([C@@]3(C)CC(C)(C)N(C(C)=O)c4ccccc43)cc2C(C)=CC1(C)C. The van der Waals surface area contributed by atoms with Gasteiger partial charge in [-0.15, -0.1) is 0 Å². The number of carbonyl (C=O) groups is 2. The number of rotatable bonds is 6. The number of para-hydroxylation sites is 1. The Kier molecular flexibility index (Phi) is 7.18. The van der Waals surface area contributed by atoms with E-state index >= 15 is 0 Å². The third kappa shape index (κ3) is 4.76. The van der Waals surface area contributed by atoms with Gasteiger partial charge in [-0.05, 0) is 82.4 Å². The summed E-state index contributed by atoms with van der Waals surface area (Å²) in [5.74, 6) is 0.269. The van der Waals surface area contributed by atoms with Gasteiger partial charge in [0.25, 0.3) is 0 Å². The van der Waals surface area contributed by atoms with Crippen molar-refractivity contribution in [3.8, 4) is 0 Å². The number of unbranched alkanes of at least 4 members (excludes halogenated alkanes) is 3. The zero-order valence-corrected chi connectivity index (χ0v) is 24.1. The van der Waals surface area contributed by atoms with Gasteiger partial charge >= 0.3 is 0 Å². The third-order valence-corrected chi connectivity index (χ3v) is 8.38. The summed E-state index contributed by atoms with van der Waals surface area (Å²) in [6.45, 7) is 16.9. The average Bonchev–Trinajstić information content (AvgIpc) is 2.80. The maximum Gasteiger partial charge on any atom is 0.227 e. The summed E-state index contributed by atoms with van der Waals surface area (Å²) < 4.78 is 0. The van der Waals surface area contributed by atoms with Crippen LogP contribution in [0, 0.1) is 0 Å². The fourth-order valence-corrected chi connectivity index (χ4v) is 7.00. The quantitative estimate of drug-likeness (QED) is 0.377. The molecule has 4 rings (SSSR count). The first-order valence-corrected chi connectivity index (χ1v) is 13.9. The van der Waals surface area contributed by atoms with Crippen LogP contribution in [0.1, 0.15) is 111 Å². The van der Waals surface area contributed by atoms with Gasteiger partial charge in [-0.1, -0.05) is 63.5 Å². The van der Waals surface area contributed by atoms with Crippen molar-refractivity contribution in [2.45, 2.75) is 110 Å². The van der Waals surface area contributed by atoms with Gasteiger partial charge in [0.05, 0.1) is 11.2 Å². The Morgan fingerprint density at radius 2 is 1.59 bits per heavy atom. The highest BCUT2D eigenvalue weighted by Crippen LogP contribution is 2.51. The molecular weight excluding hydrogens is 456 g/mol. The second kappa shape index (κ2) is 9.78. The maximum atomic E-state index is 13.5. The van der Waals surface area contributed by atoms with E-state index in [1.165, 1.54) is 29.5 Å². The molecule has 0 N–H and O–H groups in total. The van der Waals surface area contributed by atoms with Crippen molar-refractivity contribution in [2.75, 3.05) is 9.80 Å². The molecule has 0 unspecified atom stereocenters. The molecule has 1 atom stereocenters. The highest BCUT2D eigenvalue weighted by Gasteiger charge is 2.47. The molecule has 0 saturated carbocycles. The zero-order chi connectivity index (χ0) is 27.2. The van der Waals surface area contributed by atoms with Crippen molar-refractivity contribution in [3.05, 3.63) is 65.2 Å². The van der Waals surface area contributed by atoms with E-state index < -0.39 is 0 Å². The fourth-order valence-electron chi connectivity index (χ4n) is 7.00. The minimum atomic E-state index is -0.369. The van der Waals surface area contributed by atoms with E-state index in [0.717, 1.165) is 36.2 Å². The minimum absolute atomic E-state index is 0.0686. The molecule has 0 saturated heterocycles. The summed E-state index contributed by atoms with van der Waals surface area (Å²) in [7, 11) is 0. The van der Waals surface area contributed by atoms with Gasteiger partial charge in [-0.25, -0.2) is 0 Å². The number of amides is 2. The van der Waals surface area contributed by atoms with Gasteiger partial charge in [-0.2, -0.15) is 0 Å². The van der Waals surface area contributed by atoms with Crippen LogP contribution in [0.5, 0.6) is 0 Å². The number of allylic oxidation sites excluding steroid dienone is 1. The molecule has 198 valence electrons. The minimum Gasteiger partial charge on any atom is -0.307 e. The van der Waals surface area contributed by atoms with Crippen molar-refractivity contribution in [3.63, 3.8) is 0 Å². The Balaban J connectivity index is 1.80. The van der Waals surface area contributed by atoms with Crippen molar-refractivity contribution in [1.82, 2.24) is 0 Å². The molecule has 2 heterocycles. The van der Waals surface area contributed by atoms with Crippen LogP contribution in [0.4, 0.5) is 11.4 Å². The maximum absolute atomic E-state index is 13.5. The second-order valence-corrected chi connectivity index (χ2v) is 12.4. The molecule has 4 nitrogen and oxygen atoms in total. The lowest BCUT2D eigenvalue weighted by atomic mass is 9.64. The monoisotopic (exact) mass is 500 g/mol. The van der Waals surface area contributed by atoms with Crippen molar-refractivity contribution >= 4 is 28.8 Å². The molecule has 0 aromatic heterocycles. The second-order valence-electron chi connectivity index (χ2n) is 12.4. The van der Waals surface area contributed by atoms with Gasteiger partial charge in [0.15, 0.2) is 0 Å². The molecule has 2 aliphatic rings. The Labute approximate surface area is 223 Å². The highest BCUT2D eigenvalue weighted by atomic mass is 16.2. The molecule has 2 aromatic rings. The number of hydrogen-bond acceptors (Lipinski definition) is 2. The number of anilines is 2. The molecule has 4 heteroatoms. The molecule has 2 aromatic carbocycles. The molecule has 0 spiro atoms. The molecule has 0 radical (unpaired) electrons. The summed E-state index contributed by atoms with van der Waals surface area (Å²) in [5, 5.41) is 0.